The van der Waals surface area contributed by atoms with E-state index in [0.717, 1.165) is 44.9 Å². The van der Waals surface area contributed by atoms with Crippen LogP contribution in [0, 0.1) is 0 Å². The van der Waals surface area contributed by atoms with Crippen LogP contribution in [0.1, 0.15) is 71.6 Å². The van der Waals surface area contributed by atoms with Crippen LogP contribution >= 0.6 is 0 Å². The van der Waals surface area contributed by atoms with Crippen molar-refractivity contribution in [3.05, 3.63) is 0 Å². The normalized spacial score (nSPS) is 23.0. The molecule has 0 aromatic rings. The smallest absolute Gasteiger partial charge is 0.410 e. The Kier molecular flexibility index (Phi) is 8.88. The fourth-order valence-corrected chi connectivity index (χ4v) is 3.72. The number of carbonyl (C=O) groups excluding carboxylic acids is 3. The van der Waals surface area contributed by atoms with Crippen molar-refractivity contribution in [2.24, 2.45) is 0 Å². The van der Waals surface area contributed by atoms with Crippen molar-refractivity contribution >= 4 is 18.0 Å². The molecule has 0 aliphatic carbocycles. The molecule has 2 atom stereocenters. The number of unbranched alkanes of at least 4 members (excludes halogenated alkanes) is 1. The van der Waals surface area contributed by atoms with E-state index in [2.05, 4.69) is 0 Å². The molecule has 7 heteroatoms. The van der Waals surface area contributed by atoms with E-state index in [9.17, 15) is 14.4 Å². The Balaban J connectivity index is 2.06. The van der Waals surface area contributed by atoms with Crippen molar-refractivity contribution < 1.29 is 23.9 Å². The zero-order chi connectivity index (χ0) is 19.6. The summed E-state index contributed by atoms with van der Waals surface area (Å²) in [6, 6.07) is -1.06. The minimum absolute atomic E-state index is 0.139. The van der Waals surface area contributed by atoms with E-state index >= 15 is 0 Å². The minimum atomic E-state index is -0.535. The van der Waals surface area contributed by atoms with Gasteiger partial charge in [-0.1, -0.05) is 20.3 Å². The molecule has 0 bridgehead atoms. The quantitative estimate of drug-likeness (QED) is 0.499. The zero-order valence-corrected chi connectivity index (χ0v) is 16.8. The highest BCUT2D eigenvalue weighted by Crippen LogP contribution is 2.25. The fourth-order valence-electron chi connectivity index (χ4n) is 3.72. The van der Waals surface area contributed by atoms with E-state index in [4.69, 9.17) is 9.47 Å². The van der Waals surface area contributed by atoms with Crippen LogP contribution in [0.5, 0.6) is 0 Å². The minimum Gasteiger partial charge on any atom is -0.464 e. The summed E-state index contributed by atoms with van der Waals surface area (Å²) in [5, 5.41) is 0. The number of ether oxygens (including phenoxy) is 2. The van der Waals surface area contributed by atoms with Crippen molar-refractivity contribution in [3.63, 3.8) is 0 Å². The first kappa shape index (κ1) is 21.5. The summed E-state index contributed by atoms with van der Waals surface area (Å²) < 4.78 is 10.6. The van der Waals surface area contributed by atoms with Crippen molar-refractivity contribution in [2.75, 3.05) is 26.3 Å². The van der Waals surface area contributed by atoms with Crippen molar-refractivity contribution in [1.29, 1.82) is 0 Å². The third-order valence-corrected chi connectivity index (χ3v) is 5.25. The summed E-state index contributed by atoms with van der Waals surface area (Å²) in [6.45, 7) is 5.80. The lowest BCUT2D eigenvalue weighted by atomic mass is 9.97. The second kappa shape index (κ2) is 11.1. The third-order valence-electron chi connectivity index (χ3n) is 5.25. The van der Waals surface area contributed by atoms with Gasteiger partial charge in [-0.05, 0) is 51.4 Å². The number of hydrogen-bond donors (Lipinski definition) is 0. The van der Waals surface area contributed by atoms with E-state index in [-0.39, 0.29) is 11.9 Å². The average molecular weight is 383 g/mol. The molecule has 0 aromatic heterocycles. The van der Waals surface area contributed by atoms with Crippen LogP contribution in [0.2, 0.25) is 0 Å². The summed E-state index contributed by atoms with van der Waals surface area (Å²) in [7, 11) is 0. The first-order valence-electron chi connectivity index (χ1n) is 10.5. The van der Waals surface area contributed by atoms with E-state index in [1.165, 1.54) is 0 Å². The number of carbonyl (C=O) groups is 3. The second-order valence-electron chi connectivity index (χ2n) is 7.38. The second-order valence-corrected chi connectivity index (χ2v) is 7.38. The highest BCUT2D eigenvalue weighted by Gasteiger charge is 2.40. The number of amides is 2. The Morgan fingerprint density at radius 1 is 0.815 bits per heavy atom. The molecule has 2 saturated heterocycles. The van der Waals surface area contributed by atoms with Gasteiger partial charge in [-0.2, -0.15) is 0 Å². The number of likely N-dealkylation sites (tertiary alicyclic amines) is 2. The van der Waals surface area contributed by atoms with Gasteiger partial charge in [-0.15, -0.1) is 0 Å². The summed E-state index contributed by atoms with van der Waals surface area (Å²) in [6.07, 6.45) is 6.90. The van der Waals surface area contributed by atoms with Crippen LogP contribution in [0.4, 0.5) is 4.79 Å². The van der Waals surface area contributed by atoms with Gasteiger partial charge in [0.05, 0.1) is 13.2 Å². The van der Waals surface area contributed by atoms with Gasteiger partial charge in [0.2, 0.25) is 5.91 Å². The van der Waals surface area contributed by atoms with Crippen LogP contribution in [-0.2, 0) is 19.1 Å². The zero-order valence-electron chi connectivity index (χ0n) is 16.8. The molecule has 154 valence electrons. The first-order chi connectivity index (χ1) is 13.1. The highest BCUT2D eigenvalue weighted by molar-refractivity contribution is 5.90. The van der Waals surface area contributed by atoms with Gasteiger partial charge in [-0.25, -0.2) is 9.59 Å². The molecule has 2 rings (SSSR count). The molecule has 7 nitrogen and oxygen atoms in total. The van der Waals surface area contributed by atoms with Gasteiger partial charge in [0.25, 0.3) is 0 Å². The Labute approximate surface area is 162 Å². The number of esters is 1. The molecule has 0 spiro atoms. The Morgan fingerprint density at radius 3 is 2.15 bits per heavy atom. The summed E-state index contributed by atoms with van der Waals surface area (Å²) in [4.78, 5) is 41.3. The maximum Gasteiger partial charge on any atom is 0.410 e. The first-order valence-corrected chi connectivity index (χ1v) is 10.5. The summed E-state index contributed by atoms with van der Waals surface area (Å²) in [5.74, 6) is -0.451. The molecule has 2 amide bonds. The molecule has 2 fully saturated rings. The van der Waals surface area contributed by atoms with Gasteiger partial charge in [0.15, 0.2) is 0 Å². The SMILES string of the molecule is CCCCOC(=O)C1CCCCN1C(=O)C1CCCCN1C(=O)OCCC. The third kappa shape index (κ3) is 5.84. The number of piperidine rings is 2. The van der Waals surface area contributed by atoms with E-state index in [1.54, 1.807) is 9.80 Å². The fraction of sp³-hybridized carbons (Fsp3) is 0.850. The highest BCUT2D eigenvalue weighted by atomic mass is 16.6. The van der Waals surface area contributed by atoms with Crippen LogP contribution in [0.25, 0.3) is 0 Å². The Hall–Kier alpha value is -1.79. The predicted octanol–water partition coefficient (Wildman–Crippen LogP) is 3.11. The monoisotopic (exact) mass is 382 g/mol. The van der Waals surface area contributed by atoms with Gasteiger partial charge < -0.3 is 14.4 Å². The lowest BCUT2D eigenvalue weighted by molar-refractivity contribution is -0.159. The van der Waals surface area contributed by atoms with Gasteiger partial charge in [0, 0.05) is 13.1 Å². The molecule has 0 saturated carbocycles. The van der Waals surface area contributed by atoms with Gasteiger partial charge in [0.1, 0.15) is 12.1 Å². The van der Waals surface area contributed by atoms with Crippen LogP contribution in [-0.4, -0.2) is 66.2 Å². The van der Waals surface area contributed by atoms with E-state index < -0.39 is 18.2 Å². The maximum atomic E-state index is 13.3. The summed E-state index contributed by atoms with van der Waals surface area (Å²) in [5.41, 5.74) is 0. The average Bonchev–Trinajstić information content (AvgIpc) is 2.71. The maximum absolute atomic E-state index is 13.3. The van der Waals surface area contributed by atoms with Crippen LogP contribution in [0.3, 0.4) is 0 Å². The van der Waals surface area contributed by atoms with Crippen molar-refractivity contribution in [1.82, 2.24) is 9.80 Å². The molecule has 2 aliphatic heterocycles. The van der Waals surface area contributed by atoms with Crippen LogP contribution in [0.15, 0.2) is 0 Å². The Bertz CT molecular complexity index is 511. The number of hydrogen-bond acceptors (Lipinski definition) is 5. The number of nitrogens with zero attached hydrogens (tertiary/aromatic N) is 2. The molecule has 2 unspecified atom stereocenters. The molecule has 2 aliphatic rings. The molecule has 27 heavy (non-hydrogen) atoms. The van der Waals surface area contributed by atoms with Gasteiger partial charge in [-0.3, -0.25) is 9.69 Å². The van der Waals surface area contributed by atoms with E-state index in [0.29, 0.717) is 39.1 Å². The largest absolute Gasteiger partial charge is 0.464 e. The van der Waals surface area contributed by atoms with Gasteiger partial charge >= 0.3 is 12.1 Å². The molecular weight excluding hydrogens is 348 g/mol. The lowest BCUT2D eigenvalue weighted by Crippen LogP contribution is -2.58. The number of rotatable bonds is 7. The molecule has 0 N–H and O–H groups in total. The topological polar surface area (TPSA) is 76.2 Å². The van der Waals surface area contributed by atoms with E-state index in [1.807, 2.05) is 13.8 Å². The molecular formula is C20H34N2O5. The standard InChI is InChI=1S/C20H34N2O5/c1-3-5-15-26-19(24)17-11-7-8-12-21(17)18(23)16-10-6-9-13-22(16)20(25)27-14-4-2/h16-17H,3-15H2,1-2H3. The summed E-state index contributed by atoms with van der Waals surface area (Å²) >= 11 is 0. The van der Waals surface area contributed by atoms with Crippen molar-refractivity contribution in [3.8, 4) is 0 Å². The molecule has 0 radical (unpaired) electrons. The van der Waals surface area contributed by atoms with Crippen LogP contribution < -0.4 is 0 Å². The molecule has 2 heterocycles. The molecule has 0 aromatic carbocycles. The predicted molar refractivity (Wildman–Crippen MR) is 101 cm³/mol. The lowest BCUT2D eigenvalue weighted by Gasteiger charge is -2.40. The van der Waals surface area contributed by atoms with Crippen molar-refractivity contribution in [2.45, 2.75) is 83.7 Å². The Morgan fingerprint density at radius 2 is 1.48 bits per heavy atom.